The third-order valence-corrected chi connectivity index (χ3v) is 6.71. The summed E-state index contributed by atoms with van der Waals surface area (Å²) in [5, 5.41) is 13.0. The number of fused-ring (bicyclic) bond motifs is 1. The smallest absolute Gasteiger partial charge is 0.234 e. The number of amides is 1. The van der Waals surface area contributed by atoms with Crippen molar-refractivity contribution >= 4 is 45.9 Å². The molecular weight excluding hydrogens is 485 g/mol. The van der Waals surface area contributed by atoms with Gasteiger partial charge in [0, 0.05) is 29.2 Å². The van der Waals surface area contributed by atoms with Crippen LogP contribution in [-0.4, -0.2) is 31.4 Å². The van der Waals surface area contributed by atoms with Gasteiger partial charge in [0.1, 0.15) is 5.82 Å². The van der Waals surface area contributed by atoms with Gasteiger partial charge in [0.2, 0.25) is 5.91 Å². The van der Waals surface area contributed by atoms with E-state index in [1.807, 2.05) is 72.3 Å². The number of pyridine rings is 1. The average molecular weight is 504 g/mol. The fourth-order valence-corrected chi connectivity index (χ4v) is 4.58. The second-order valence-corrected chi connectivity index (χ2v) is 9.12. The van der Waals surface area contributed by atoms with Crippen LogP contribution in [0.2, 0.25) is 5.02 Å². The molecule has 1 N–H and O–H groups in total. The van der Waals surface area contributed by atoms with E-state index in [4.69, 9.17) is 16.6 Å². The Hall–Kier alpha value is -3.75. The lowest BCUT2D eigenvalue weighted by molar-refractivity contribution is -0.113. The fourth-order valence-electron chi connectivity index (χ4n) is 3.69. The van der Waals surface area contributed by atoms with Crippen molar-refractivity contribution in [2.45, 2.75) is 5.16 Å². The number of nitrogens with zero attached hydrogens (tertiary/aromatic N) is 4. The molecule has 0 spiro atoms. The molecule has 0 aliphatic carbocycles. The van der Waals surface area contributed by atoms with Crippen LogP contribution in [0.5, 0.6) is 0 Å². The Labute approximate surface area is 210 Å². The Kier molecular flexibility index (Phi) is 6.48. The SMILES string of the molecule is Cn1c(SCC(=O)Nc2ccc(F)c(Cl)c2)nnc1-c1cc(-c2ccccc2)nc2ccccc12. The van der Waals surface area contributed by atoms with Gasteiger partial charge in [0.15, 0.2) is 11.0 Å². The Morgan fingerprint density at radius 3 is 2.60 bits per heavy atom. The molecule has 2 heterocycles. The maximum Gasteiger partial charge on any atom is 0.234 e. The minimum Gasteiger partial charge on any atom is -0.325 e. The molecule has 0 saturated carbocycles. The molecule has 0 unspecified atom stereocenters. The summed E-state index contributed by atoms with van der Waals surface area (Å²) in [4.78, 5) is 17.2. The molecule has 0 saturated heterocycles. The average Bonchev–Trinajstić information content (AvgIpc) is 3.24. The van der Waals surface area contributed by atoms with Crippen molar-refractivity contribution in [3.63, 3.8) is 0 Å². The molecule has 0 atom stereocenters. The molecule has 5 aromatic rings. The number of thioether (sulfide) groups is 1. The van der Waals surface area contributed by atoms with Gasteiger partial charge in [-0.2, -0.15) is 0 Å². The summed E-state index contributed by atoms with van der Waals surface area (Å²) in [5.41, 5.74) is 4.04. The van der Waals surface area contributed by atoms with Crippen molar-refractivity contribution < 1.29 is 9.18 Å². The van der Waals surface area contributed by atoms with E-state index < -0.39 is 5.82 Å². The number of nitrogens with one attached hydrogen (secondary N) is 1. The fraction of sp³-hybridized carbons (Fsp3) is 0.0769. The number of carbonyl (C=O) groups is 1. The van der Waals surface area contributed by atoms with Gasteiger partial charge < -0.3 is 9.88 Å². The highest BCUT2D eigenvalue weighted by atomic mass is 35.5. The molecule has 0 fully saturated rings. The van der Waals surface area contributed by atoms with Crippen molar-refractivity contribution in [1.29, 1.82) is 0 Å². The largest absolute Gasteiger partial charge is 0.325 e. The minimum atomic E-state index is -0.537. The molecule has 174 valence electrons. The monoisotopic (exact) mass is 503 g/mol. The molecule has 0 radical (unpaired) electrons. The summed E-state index contributed by atoms with van der Waals surface area (Å²) in [6.07, 6.45) is 0. The Bertz CT molecular complexity index is 1540. The van der Waals surface area contributed by atoms with E-state index in [0.717, 1.165) is 27.7 Å². The molecule has 35 heavy (non-hydrogen) atoms. The number of rotatable bonds is 6. The van der Waals surface area contributed by atoms with Gasteiger partial charge in [0.05, 0.1) is 22.0 Å². The predicted octanol–water partition coefficient (Wildman–Crippen LogP) is 6.22. The van der Waals surface area contributed by atoms with Gasteiger partial charge in [-0.25, -0.2) is 9.37 Å². The molecule has 0 aliphatic heterocycles. The van der Waals surface area contributed by atoms with Crippen molar-refractivity contribution in [3.05, 3.63) is 89.7 Å². The molecular formula is C26H19ClFN5OS. The number of aromatic nitrogens is 4. The Balaban J connectivity index is 1.41. The van der Waals surface area contributed by atoms with Crippen LogP contribution < -0.4 is 5.32 Å². The van der Waals surface area contributed by atoms with Gasteiger partial charge in [0.25, 0.3) is 0 Å². The topological polar surface area (TPSA) is 72.7 Å². The lowest BCUT2D eigenvalue weighted by Gasteiger charge is -2.10. The van der Waals surface area contributed by atoms with E-state index in [1.165, 1.54) is 30.0 Å². The summed E-state index contributed by atoms with van der Waals surface area (Å²) in [6.45, 7) is 0. The summed E-state index contributed by atoms with van der Waals surface area (Å²) in [6, 6.07) is 23.9. The van der Waals surface area contributed by atoms with Crippen molar-refractivity contribution in [2.75, 3.05) is 11.1 Å². The van der Waals surface area contributed by atoms with E-state index in [0.29, 0.717) is 16.7 Å². The number of hydrogen-bond acceptors (Lipinski definition) is 5. The highest BCUT2D eigenvalue weighted by molar-refractivity contribution is 7.99. The number of carbonyl (C=O) groups excluding carboxylic acids is 1. The maximum absolute atomic E-state index is 13.3. The highest BCUT2D eigenvalue weighted by Crippen LogP contribution is 2.32. The molecule has 0 aliphatic rings. The van der Waals surface area contributed by atoms with Gasteiger partial charge in [-0.3, -0.25) is 4.79 Å². The van der Waals surface area contributed by atoms with Crippen LogP contribution in [0, 0.1) is 5.82 Å². The standard InChI is InChI=1S/C26H19ClFN5OS/c1-33-25(31-32-26(33)35-15-24(34)29-17-11-12-21(28)20(27)13-17)19-14-23(16-7-3-2-4-8-16)30-22-10-6-5-9-18(19)22/h2-14H,15H2,1H3,(H,29,34). The van der Waals surface area contributed by atoms with Crippen LogP contribution in [0.1, 0.15) is 0 Å². The summed E-state index contributed by atoms with van der Waals surface area (Å²) in [5.74, 6) is -0.0190. The lowest BCUT2D eigenvalue weighted by atomic mass is 10.0. The first-order valence-corrected chi connectivity index (χ1v) is 12.1. The van der Waals surface area contributed by atoms with E-state index >= 15 is 0 Å². The quantitative estimate of drug-likeness (QED) is 0.278. The Morgan fingerprint density at radius 1 is 1.03 bits per heavy atom. The maximum atomic E-state index is 13.3. The van der Waals surface area contributed by atoms with Crippen LogP contribution >= 0.6 is 23.4 Å². The molecule has 9 heteroatoms. The van der Waals surface area contributed by atoms with E-state index in [9.17, 15) is 9.18 Å². The van der Waals surface area contributed by atoms with E-state index in [1.54, 1.807) is 0 Å². The number of benzene rings is 3. The summed E-state index contributed by atoms with van der Waals surface area (Å²) >= 11 is 7.04. The van der Waals surface area contributed by atoms with Crippen LogP contribution in [0.4, 0.5) is 10.1 Å². The summed E-state index contributed by atoms with van der Waals surface area (Å²) in [7, 11) is 1.87. The number of anilines is 1. The zero-order chi connectivity index (χ0) is 24.4. The van der Waals surface area contributed by atoms with Crippen LogP contribution in [0.15, 0.2) is 84.0 Å². The zero-order valence-electron chi connectivity index (χ0n) is 18.6. The lowest BCUT2D eigenvalue weighted by Crippen LogP contribution is -2.14. The highest BCUT2D eigenvalue weighted by Gasteiger charge is 2.17. The molecule has 2 aromatic heterocycles. The molecule has 3 aromatic carbocycles. The first-order valence-electron chi connectivity index (χ1n) is 10.7. The first-order chi connectivity index (χ1) is 17.0. The van der Waals surface area contributed by atoms with Gasteiger partial charge >= 0.3 is 0 Å². The van der Waals surface area contributed by atoms with E-state index in [2.05, 4.69) is 15.5 Å². The van der Waals surface area contributed by atoms with Crippen LogP contribution in [-0.2, 0) is 11.8 Å². The minimum absolute atomic E-state index is 0.0483. The second kappa shape index (κ2) is 9.85. The Morgan fingerprint density at radius 2 is 1.80 bits per heavy atom. The third kappa shape index (κ3) is 4.89. The predicted molar refractivity (Wildman–Crippen MR) is 138 cm³/mol. The van der Waals surface area contributed by atoms with Gasteiger partial charge in [-0.15, -0.1) is 10.2 Å². The first kappa shape index (κ1) is 23.0. The molecule has 1 amide bonds. The number of hydrogen-bond donors (Lipinski definition) is 1. The van der Waals surface area contributed by atoms with Crippen molar-refractivity contribution in [2.24, 2.45) is 7.05 Å². The van der Waals surface area contributed by atoms with Gasteiger partial charge in [-0.05, 0) is 30.3 Å². The van der Waals surface area contributed by atoms with E-state index in [-0.39, 0.29) is 16.7 Å². The van der Waals surface area contributed by atoms with Crippen molar-refractivity contribution in [1.82, 2.24) is 19.7 Å². The second-order valence-electron chi connectivity index (χ2n) is 7.77. The normalized spacial score (nSPS) is 11.1. The van der Waals surface area contributed by atoms with Crippen LogP contribution in [0.25, 0.3) is 33.5 Å². The van der Waals surface area contributed by atoms with Gasteiger partial charge in [-0.1, -0.05) is 71.9 Å². The number of para-hydroxylation sites is 1. The molecule has 0 bridgehead atoms. The zero-order valence-corrected chi connectivity index (χ0v) is 20.1. The molecule has 5 rings (SSSR count). The number of halogens is 2. The van der Waals surface area contributed by atoms with Crippen LogP contribution in [0.3, 0.4) is 0 Å². The van der Waals surface area contributed by atoms with Crippen molar-refractivity contribution in [3.8, 4) is 22.6 Å². The third-order valence-electron chi connectivity index (χ3n) is 5.40. The molecule has 6 nitrogen and oxygen atoms in total. The summed E-state index contributed by atoms with van der Waals surface area (Å²) < 4.78 is 15.2.